The number of aromatic nitrogens is 2. The van der Waals surface area contributed by atoms with Crippen LogP contribution < -0.4 is 5.32 Å². The summed E-state index contributed by atoms with van der Waals surface area (Å²) in [5.41, 5.74) is 1.70. The first-order valence-corrected chi connectivity index (χ1v) is 9.29. The van der Waals surface area contributed by atoms with Crippen LogP contribution >= 0.6 is 11.3 Å². The van der Waals surface area contributed by atoms with E-state index < -0.39 is 0 Å². The van der Waals surface area contributed by atoms with E-state index in [2.05, 4.69) is 39.5 Å². The summed E-state index contributed by atoms with van der Waals surface area (Å²) in [6, 6.07) is 14.1. The van der Waals surface area contributed by atoms with Gasteiger partial charge >= 0.3 is 0 Å². The average molecular weight is 349 g/mol. The van der Waals surface area contributed by atoms with E-state index in [1.165, 1.54) is 9.71 Å². The molecule has 126 valence electrons. The van der Waals surface area contributed by atoms with Crippen LogP contribution in [0.1, 0.15) is 17.0 Å². The van der Waals surface area contributed by atoms with Gasteiger partial charge in [-0.1, -0.05) is 12.1 Å². The van der Waals surface area contributed by atoms with E-state index in [1.807, 2.05) is 6.07 Å². The Balaban J connectivity index is 1.33. The topological polar surface area (TPSA) is 64.8 Å². The van der Waals surface area contributed by atoms with E-state index in [-0.39, 0.29) is 0 Å². The highest BCUT2D eigenvalue weighted by Gasteiger charge is 2.23. The molecule has 2 aromatic heterocycles. The van der Waals surface area contributed by atoms with Gasteiger partial charge in [-0.2, -0.15) is 5.26 Å². The quantitative estimate of drug-likeness (QED) is 0.764. The summed E-state index contributed by atoms with van der Waals surface area (Å²) >= 11 is 1.79. The lowest BCUT2D eigenvalue weighted by atomic mass is 10.1. The summed E-state index contributed by atoms with van der Waals surface area (Å²) < 4.78 is 1.26. The van der Waals surface area contributed by atoms with Crippen molar-refractivity contribution in [2.45, 2.75) is 13.0 Å². The van der Waals surface area contributed by atoms with E-state index in [4.69, 9.17) is 10.2 Å². The van der Waals surface area contributed by atoms with Gasteiger partial charge < -0.3 is 5.32 Å². The fourth-order valence-corrected chi connectivity index (χ4v) is 4.29. The maximum Gasteiger partial charge on any atom is 0.143 e. The minimum absolute atomic E-state index is 0.572. The Morgan fingerprint density at radius 3 is 3.08 bits per heavy atom. The highest BCUT2D eigenvalue weighted by molar-refractivity contribution is 7.18. The van der Waals surface area contributed by atoms with Crippen molar-refractivity contribution in [3.05, 3.63) is 53.2 Å². The van der Waals surface area contributed by atoms with Crippen LogP contribution in [0, 0.1) is 17.2 Å². The molecule has 4 rings (SSSR count). The first kappa shape index (κ1) is 16.0. The Morgan fingerprint density at radius 2 is 2.20 bits per heavy atom. The van der Waals surface area contributed by atoms with Crippen molar-refractivity contribution >= 4 is 27.4 Å². The van der Waals surface area contributed by atoms with Gasteiger partial charge in [0.1, 0.15) is 16.9 Å². The molecule has 0 amide bonds. The van der Waals surface area contributed by atoms with Crippen molar-refractivity contribution in [1.82, 2.24) is 14.9 Å². The van der Waals surface area contributed by atoms with E-state index >= 15 is 0 Å². The number of rotatable bonds is 5. The summed E-state index contributed by atoms with van der Waals surface area (Å²) in [6.07, 6.45) is 2.88. The van der Waals surface area contributed by atoms with Crippen LogP contribution in [0.3, 0.4) is 0 Å². The van der Waals surface area contributed by atoms with Gasteiger partial charge in [0.05, 0.1) is 22.3 Å². The maximum atomic E-state index is 9.13. The molecule has 0 saturated carbocycles. The van der Waals surface area contributed by atoms with Crippen LogP contribution in [0.5, 0.6) is 0 Å². The number of nitrogens with zero attached hydrogens (tertiary/aromatic N) is 4. The van der Waals surface area contributed by atoms with Crippen molar-refractivity contribution in [3.63, 3.8) is 0 Å². The molecular weight excluding hydrogens is 330 g/mol. The van der Waals surface area contributed by atoms with Crippen LogP contribution in [0.25, 0.3) is 10.2 Å². The lowest BCUT2D eigenvalue weighted by Crippen LogP contribution is -2.23. The number of pyridine rings is 1. The smallest absolute Gasteiger partial charge is 0.143 e. The second kappa shape index (κ2) is 7.18. The number of likely N-dealkylation sites (tertiary alicyclic amines) is 1. The van der Waals surface area contributed by atoms with Crippen molar-refractivity contribution in [2.75, 3.05) is 25.0 Å². The average Bonchev–Trinajstić information content (AvgIpc) is 3.26. The first-order valence-electron chi connectivity index (χ1n) is 8.47. The van der Waals surface area contributed by atoms with E-state index in [1.54, 1.807) is 29.7 Å². The van der Waals surface area contributed by atoms with E-state index in [0.29, 0.717) is 17.3 Å². The number of anilines is 1. The molecular formula is C19H19N5S. The molecule has 0 unspecified atom stereocenters. The predicted octanol–water partition coefficient (Wildman–Crippen LogP) is 3.50. The van der Waals surface area contributed by atoms with Gasteiger partial charge in [-0.05, 0) is 43.1 Å². The zero-order valence-corrected chi connectivity index (χ0v) is 14.7. The monoisotopic (exact) mass is 349 g/mol. The fourth-order valence-electron chi connectivity index (χ4n) is 3.28. The molecule has 1 fully saturated rings. The van der Waals surface area contributed by atoms with Gasteiger partial charge in [-0.15, -0.1) is 11.3 Å². The SMILES string of the molecule is N#Cc1cccnc1NC[C@@H]1CCN(Cc2nc3ccccc3s2)C1. The molecule has 0 aliphatic carbocycles. The molecule has 3 aromatic rings. The van der Waals surface area contributed by atoms with Crippen LogP contribution in [0.4, 0.5) is 5.82 Å². The highest BCUT2D eigenvalue weighted by Crippen LogP contribution is 2.25. The standard InChI is InChI=1S/C19H19N5S/c20-10-15-4-3-8-21-19(15)22-11-14-7-9-24(12-14)13-18-23-16-5-1-2-6-17(16)25-18/h1-6,8,14H,7,9,11-13H2,(H,21,22)/t14-/m0/s1. The molecule has 0 spiro atoms. The Kier molecular flexibility index (Phi) is 4.59. The fraction of sp³-hybridized carbons (Fsp3) is 0.316. The van der Waals surface area contributed by atoms with Crippen molar-refractivity contribution in [2.24, 2.45) is 5.92 Å². The minimum atomic E-state index is 0.572. The van der Waals surface area contributed by atoms with Crippen LogP contribution in [-0.4, -0.2) is 34.5 Å². The lowest BCUT2D eigenvalue weighted by Gasteiger charge is -2.15. The number of fused-ring (bicyclic) bond motifs is 1. The number of nitriles is 1. The zero-order valence-electron chi connectivity index (χ0n) is 13.9. The minimum Gasteiger partial charge on any atom is -0.369 e. The second-order valence-corrected chi connectivity index (χ2v) is 7.47. The largest absolute Gasteiger partial charge is 0.369 e. The molecule has 1 aliphatic rings. The van der Waals surface area contributed by atoms with Crippen molar-refractivity contribution in [1.29, 1.82) is 5.26 Å². The molecule has 1 aliphatic heterocycles. The predicted molar refractivity (Wildman–Crippen MR) is 100 cm³/mol. The molecule has 1 saturated heterocycles. The number of hydrogen-bond acceptors (Lipinski definition) is 6. The zero-order chi connectivity index (χ0) is 17.1. The number of thiazole rings is 1. The molecule has 0 radical (unpaired) electrons. The third-order valence-electron chi connectivity index (χ3n) is 4.55. The summed E-state index contributed by atoms with van der Waals surface area (Å²) in [7, 11) is 0. The van der Waals surface area contributed by atoms with E-state index in [0.717, 1.165) is 38.1 Å². The third kappa shape index (κ3) is 3.63. The van der Waals surface area contributed by atoms with E-state index in [9.17, 15) is 0 Å². The molecule has 5 nitrogen and oxygen atoms in total. The molecule has 0 bridgehead atoms. The summed E-state index contributed by atoms with van der Waals surface area (Å²) in [6.45, 7) is 3.91. The Labute approximate surface area is 151 Å². The normalized spacial score (nSPS) is 17.6. The van der Waals surface area contributed by atoms with Crippen molar-refractivity contribution < 1.29 is 0 Å². The molecule has 3 heterocycles. The Bertz CT molecular complexity index is 880. The number of para-hydroxylation sites is 1. The van der Waals surface area contributed by atoms with Gasteiger partial charge in [0, 0.05) is 19.3 Å². The number of nitrogens with one attached hydrogen (secondary N) is 1. The molecule has 1 N–H and O–H groups in total. The van der Waals surface area contributed by atoms with Crippen LogP contribution in [0.2, 0.25) is 0 Å². The first-order chi connectivity index (χ1) is 12.3. The van der Waals surface area contributed by atoms with Gasteiger partial charge in [0.25, 0.3) is 0 Å². The Hall–Kier alpha value is -2.49. The second-order valence-electron chi connectivity index (χ2n) is 6.36. The highest BCUT2D eigenvalue weighted by atomic mass is 32.1. The number of benzene rings is 1. The molecule has 1 atom stereocenters. The van der Waals surface area contributed by atoms with Crippen LogP contribution in [-0.2, 0) is 6.54 Å². The summed E-state index contributed by atoms with van der Waals surface area (Å²) in [5, 5.41) is 13.7. The summed E-state index contributed by atoms with van der Waals surface area (Å²) in [5.74, 6) is 1.26. The van der Waals surface area contributed by atoms with Gasteiger partial charge in [0.2, 0.25) is 0 Å². The lowest BCUT2D eigenvalue weighted by molar-refractivity contribution is 0.318. The van der Waals surface area contributed by atoms with Crippen LogP contribution in [0.15, 0.2) is 42.6 Å². The molecule has 1 aromatic carbocycles. The van der Waals surface area contributed by atoms with Gasteiger partial charge in [-0.25, -0.2) is 9.97 Å². The molecule has 25 heavy (non-hydrogen) atoms. The van der Waals surface area contributed by atoms with Gasteiger partial charge in [-0.3, -0.25) is 4.90 Å². The van der Waals surface area contributed by atoms with Crippen molar-refractivity contribution in [3.8, 4) is 6.07 Å². The summed E-state index contributed by atoms with van der Waals surface area (Å²) in [4.78, 5) is 11.5. The van der Waals surface area contributed by atoms with Gasteiger partial charge in [0.15, 0.2) is 0 Å². The Morgan fingerprint density at radius 1 is 1.28 bits per heavy atom. The third-order valence-corrected chi connectivity index (χ3v) is 5.57. The molecule has 6 heteroatoms. The maximum absolute atomic E-state index is 9.13. The number of hydrogen-bond donors (Lipinski definition) is 1.